The third kappa shape index (κ3) is 2.01. The molecule has 2 fully saturated rings. The van der Waals surface area contributed by atoms with Gasteiger partial charge in [0.05, 0.1) is 7.11 Å². The molecule has 0 spiro atoms. The van der Waals surface area contributed by atoms with Crippen LogP contribution in [0.2, 0.25) is 0 Å². The van der Waals surface area contributed by atoms with Crippen molar-refractivity contribution in [1.82, 2.24) is 0 Å². The van der Waals surface area contributed by atoms with Crippen LogP contribution in [0.1, 0.15) is 30.6 Å². The van der Waals surface area contributed by atoms with Crippen LogP contribution in [0.4, 0.5) is 10.7 Å². The summed E-state index contributed by atoms with van der Waals surface area (Å²) in [7, 11) is 1.61. The molecule has 0 saturated heterocycles. The van der Waals surface area contributed by atoms with E-state index in [0.717, 1.165) is 16.8 Å². The Kier molecular flexibility index (Phi) is 2.83. The summed E-state index contributed by atoms with van der Waals surface area (Å²) in [5, 5.41) is 13.5. The lowest BCUT2D eigenvalue weighted by Crippen LogP contribution is -2.23. The van der Waals surface area contributed by atoms with Gasteiger partial charge in [0, 0.05) is 6.04 Å². The van der Waals surface area contributed by atoms with Crippen molar-refractivity contribution in [3.63, 3.8) is 0 Å². The van der Waals surface area contributed by atoms with E-state index in [0.29, 0.717) is 22.4 Å². The van der Waals surface area contributed by atoms with Gasteiger partial charge in [-0.1, -0.05) is 0 Å². The van der Waals surface area contributed by atoms with E-state index in [1.807, 2.05) is 0 Å². The molecule has 2 aliphatic rings. The number of anilines is 2. The lowest BCUT2D eigenvalue weighted by molar-refractivity contribution is 0.419. The Morgan fingerprint density at radius 2 is 2.00 bits per heavy atom. The third-order valence-electron chi connectivity index (χ3n) is 3.76. The minimum Gasteiger partial charge on any atom is -0.492 e. The zero-order chi connectivity index (χ0) is 12.7. The van der Waals surface area contributed by atoms with Gasteiger partial charge in [0.1, 0.15) is 21.6 Å². The van der Waals surface area contributed by atoms with E-state index in [1.165, 1.54) is 37.0 Å². The van der Waals surface area contributed by atoms with Gasteiger partial charge in [0.15, 0.2) is 5.75 Å². The molecule has 0 aromatic carbocycles. The number of rotatable bonds is 5. The molecule has 3 rings (SSSR count). The van der Waals surface area contributed by atoms with E-state index in [1.54, 1.807) is 7.11 Å². The molecule has 96 valence electrons. The number of nitrogens with one attached hydrogen (secondary N) is 1. The summed E-state index contributed by atoms with van der Waals surface area (Å²) in [5.41, 5.74) is 6.38. The van der Waals surface area contributed by atoms with Crippen LogP contribution in [0.15, 0.2) is 0 Å². The van der Waals surface area contributed by atoms with Gasteiger partial charge in [-0.15, -0.1) is 11.3 Å². The summed E-state index contributed by atoms with van der Waals surface area (Å²) in [5.74, 6) is 2.25. The van der Waals surface area contributed by atoms with Crippen LogP contribution in [0.3, 0.4) is 0 Å². The second-order valence-electron chi connectivity index (χ2n) is 5.16. The highest BCUT2D eigenvalue weighted by Gasteiger charge is 2.42. The van der Waals surface area contributed by atoms with E-state index in [9.17, 15) is 0 Å². The molecule has 4 nitrogen and oxygen atoms in total. The van der Waals surface area contributed by atoms with Crippen molar-refractivity contribution in [3.05, 3.63) is 4.88 Å². The zero-order valence-corrected chi connectivity index (χ0v) is 11.2. The van der Waals surface area contributed by atoms with E-state index in [2.05, 4.69) is 11.4 Å². The highest BCUT2D eigenvalue weighted by molar-refractivity contribution is 7.17. The van der Waals surface area contributed by atoms with Gasteiger partial charge >= 0.3 is 0 Å². The molecular weight excluding hydrogens is 246 g/mol. The number of hydrogen-bond donors (Lipinski definition) is 2. The summed E-state index contributed by atoms with van der Waals surface area (Å²) >= 11 is 1.41. The monoisotopic (exact) mass is 263 g/mol. The van der Waals surface area contributed by atoms with E-state index >= 15 is 0 Å². The van der Waals surface area contributed by atoms with Crippen LogP contribution in [0.5, 0.6) is 5.75 Å². The van der Waals surface area contributed by atoms with Crippen molar-refractivity contribution in [2.24, 2.45) is 11.8 Å². The molecule has 1 heterocycles. The van der Waals surface area contributed by atoms with Gasteiger partial charge in [0.2, 0.25) is 0 Å². The highest BCUT2D eigenvalue weighted by Crippen LogP contribution is 2.49. The van der Waals surface area contributed by atoms with Crippen LogP contribution in [0, 0.1) is 23.2 Å². The predicted molar refractivity (Wildman–Crippen MR) is 72.9 cm³/mol. The Bertz CT molecular complexity index is 485. The zero-order valence-electron chi connectivity index (χ0n) is 10.4. The largest absolute Gasteiger partial charge is 0.492 e. The van der Waals surface area contributed by atoms with E-state index < -0.39 is 0 Å². The van der Waals surface area contributed by atoms with Gasteiger partial charge in [-0.25, -0.2) is 0 Å². The molecule has 0 atom stereocenters. The van der Waals surface area contributed by atoms with Crippen LogP contribution in [-0.2, 0) is 0 Å². The Labute approximate surface area is 111 Å². The summed E-state index contributed by atoms with van der Waals surface area (Å²) in [6.45, 7) is 0. The maximum absolute atomic E-state index is 9.03. The predicted octanol–water partition coefficient (Wildman–Crippen LogP) is 2.81. The maximum atomic E-state index is 9.03. The van der Waals surface area contributed by atoms with Crippen molar-refractivity contribution in [2.45, 2.75) is 31.7 Å². The number of methoxy groups -OCH3 is 1. The van der Waals surface area contributed by atoms with Crippen LogP contribution < -0.4 is 15.8 Å². The Morgan fingerprint density at radius 1 is 1.39 bits per heavy atom. The van der Waals surface area contributed by atoms with Crippen molar-refractivity contribution in [1.29, 1.82) is 5.26 Å². The maximum Gasteiger partial charge on any atom is 0.177 e. The third-order valence-corrected chi connectivity index (χ3v) is 4.79. The van der Waals surface area contributed by atoms with Gasteiger partial charge in [0.25, 0.3) is 0 Å². The smallest absolute Gasteiger partial charge is 0.177 e. The number of nitrogens with two attached hydrogens (primary N) is 1. The number of nitrogens with zero attached hydrogens (tertiary/aromatic N) is 1. The average Bonchev–Trinajstić information content (AvgIpc) is 3.25. The van der Waals surface area contributed by atoms with Gasteiger partial charge < -0.3 is 15.8 Å². The number of nitriles is 1. The van der Waals surface area contributed by atoms with Crippen molar-refractivity contribution in [2.75, 3.05) is 18.2 Å². The fourth-order valence-electron chi connectivity index (χ4n) is 2.49. The fraction of sp³-hybridized carbons (Fsp3) is 0.615. The van der Waals surface area contributed by atoms with Crippen LogP contribution >= 0.6 is 11.3 Å². The molecular formula is C13H17N3OS. The molecule has 18 heavy (non-hydrogen) atoms. The number of hydrogen-bond acceptors (Lipinski definition) is 5. The first-order valence-electron chi connectivity index (χ1n) is 6.37. The van der Waals surface area contributed by atoms with Crippen molar-refractivity contribution in [3.8, 4) is 11.8 Å². The SMILES string of the molecule is COc1c(NC(C2CC2)C2CC2)sc(C#N)c1N. The summed E-state index contributed by atoms with van der Waals surface area (Å²) in [6.07, 6.45) is 5.29. The van der Waals surface area contributed by atoms with Crippen molar-refractivity contribution >= 4 is 22.0 Å². The molecule has 0 aliphatic heterocycles. The topological polar surface area (TPSA) is 71.1 Å². The minimum absolute atomic E-state index is 0.470. The van der Waals surface area contributed by atoms with Crippen LogP contribution in [-0.4, -0.2) is 13.2 Å². The quantitative estimate of drug-likeness (QED) is 0.857. The molecule has 0 bridgehead atoms. The highest BCUT2D eigenvalue weighted by atomic mass is 32.1. The minimum atomic E-state index is 0.470. The Balaban J connectivity index is 1.84. The molecule has 5 heteroatoms. The Morgan fingerprint density at radius 3 is 2.44 bits per heavy atom. The Hall–Kier alpha value is -1.41. The van der Waals surface area contributed by atoms with Gasteiger partial charge in [-0.3, -0.25) is 0 Å². The van der Waals surface area contributed by atoms with Crippen molar-refractivity contribution < 1.29 is 4.74 Å². The first kappa shape index (κ1) is 11.7. The normalized spacial score (nSPS) is 18.7. The van der Waals surface area contributed by atoms with E-state index in [4.69, 9.17) is 15.7 Å². The molecule has 0 amide bonds. The lowest BCUT2D eigenvalue weighted by Gasteiger charge is -2.18. The lowest BCUT2D eigenvalue weighted by atomic mass is 10.1. The second kappa shape index (κ2) is 4.36. The summed E-state index contributed by atoms with van der Waals surface area (Å²) < 4.78 is 5.33. The number of ether oxygens (including phenoxy) is 1. The van der Waals surface area contributed by atoms with Crippen LogP contribution in [0.25, 0.3) is 0 Å². The first-order chi connectivity index (χ1) is 8.74. The first-order valence-corrected chi connectivity index (χ1v) is 7.19. The second-order valence-corrected chi connectivity index (χ2v) is 6.18. The summed E-state index contributed by atoms with van der Waals surface area (Å²) in [6, 6.07) is 2.67. The fourth-order valence-corrected chi connectivity index (χ4v) is 3.43. The number of thiophene rings is 1. The molecule has 2 saturated carbocycles. The average molecular weight is 263 g/mol. The molecule has 0 radical (unpaired) electrons. The standard InChI is InChI=1S/C13H17N3OS/c1-17-12-10(15)9(6-14)18-13(12)16-11(7-2-3-7)8-4-5-8/h7-8,11,16H,2-5,15H2,1H3. The van der Waals surface area contributed by atoms with Gasteiger partial charge in [-0.05, 0) is 37.5 Å². The summed E-state index contributed by atoms with van der Waals surface area (Å²) in [4.78, 5) is 0.541. The molecule has 0 unspecified atom stereocenters. The molecule has 1 aromatic rings. The molecule has 2 aliphatic carbocycles. The molecule has 3 N–H and O–H groups in total. The molecule has 1 aromatic heterocycles. The number of nitrogen functional groups attached to an aromatic ring is 1. The van der Waals surface area contributed by atoms with Gasteiger partial charge in [-0.2, -0.15) is 5.26 Å². The van der Waals surface area contributed by atoms with E-state index in [-0.39, 0.29) is 0 Å².